The van der Waals surface area contributed by atoms with E-state index in [1.54, 1.807) is 11.7 Å². The van der Waals surface area contributed by atoms with Crippen molar-refractivity contribution in [2.75, 3.05) is 44.8 Å². The van der Waals surface area contributed by atoms with E-state index in [9.17, 15) is 0 Å². The molecule has 0 spiro atoms. The van der Waals surface area contributed by atoms with Gasteiger partial charge >= 0.3 is 0 Å². The van der Waals surface area contributed by atoms with Crippen molar-refractivity contribution in [3.63, 3.8) is 0 Å². The van der Waals surface area contributed by atoms with Crippen LogP contribution in [0.3, 0.4) is 0 Å². The lowest BCUT2D eigenvalue weighted by Crippen LogP contribution is -2.35. The average Bonchev–Trinajstić information content (AvgIpc) is 3.03. The summed E-state index contributed by atoms with van der Waals surface area (Å²) in [5.74, 6) is 1.97. The van der Waals surface area contributed by atoms with Crippen molar-refractivity contribution in [2.45, 2.75) is 19.6 Å². The molecule has 1 fully saturated rings. The van der Waals surface area contributed by atoms with Gasteiger partial charge in [-0.15, -0.1) is 0 Å². The molecule has 2 aromatic rings. The lowest BCUT2D eigenvalue weighted by Gasteiger charge is -2.26. The van der Waals surface area contributed by atoms with Gasteiger partial charge in [0.25, 0.3) is 0 Å². The first-order valence-electron chi connectivity index (χ1n) is 9.01. The van der Waals surface area contributed by atoms with Crippen molar-refractivity contribution in [1.29, 1.82) is 0 Å². The van der Waals surface area contributed by atoms with Crippen LogP contribution in [0.1, 0.15) is 17.8 Å². The van der Waals surface area contributed by atoms with E-state index in [0.717, 1.165) is 51.6 Å². The van der Waals surface area contributed by atoms with Crippen molar-refractivity contribution in [1.82, 2.24) is 19.7 Å². The minimum atomic E-state index is -0.153. The van der Waals surface area contributed by atoms with Crippen molar-refractivity contribution < 1.29 is 14.6 Å². The first kappa shape index (κ1) is 18.6. The maximum atomic E-state index is 9.04. The van der Waals surface area contributed by atoms with Crippen LogP contribution >= 0.6 is 0 Å². The normalized spacial score (nSPS) is 15.2. The number of nitrogens with zero attached hydrogens (tertiary/aromatic N) is 4. The standard InChI is InChI=1S/C18H27N5O3/c1-22-18(20-17(14-24)21-22)19-6-3-9-26-16-5-2-4-15(12-16)13-23-7-10-25-11-8-23/h2,4-5,12,24H,3,6-11,13-14H2,1H3,(H,19,20,21). The van der Waals surface area contributed by atoms with Crippen LogP contribution in [0, 0.1) is 0 Å². The second-order valence-electron chi connectivity index (χ2n) is 6.30. The second kappa shape index (κ2) is 9.51. The van der Waals surface area contributed by atoms with E-state index in [2.05, 4.69) is 32.4 Å². The first-order chi connectivity index (χ1) is 12.7. The molecule has 0 atom stereocenters. The zero-order valence-corrected chi connectivity index (χ0v) is 15.2. The summed E-state index contributed by atoms with van der Waals surface area (Å²) < 4.78 is 12.9. The fourth-order valence-electron chi connectivity index (χ4n) is 2.87. The van der Waals surface area contributed by atoms with Gasteiger partial charge in [-0.1, -0.05) is 12.1 Å². The molecule has 0 bridgehead atoms. The van der Waals surface area contributed by atoms with Crippen molar-refractivity contribution in [3.8, 4) is 5.75 Å². The van der Waals surface area contributed by atoms with E-state index in [4.69, 9.17) is 14.6 Å². The minimum Gasteiger partial charge on any atom is -0.494 e. The van der Waals surface area contributed by atoms with Gasteiger partial charge in [0.15, 0.2) is 5.82 Å². The molecule has 2 N–H and O–H groups in total. The largest absolute Gasteiger partial charge is 0.494 e. The molecule has 8 heteroatoms. The highest BCUT2D eigenvalue weighted by atomic mass is 16.5. The Kier molecular flexibility index (Phi) is 6.82. The Labute approximate surface area is 153 Å². The molecule has 2 heterocycles. The third-order valence-electron chi connectivity index (χ3n) is 4.23. The Hall–Kier alpha value is -2.16. The Balaban J connectivity index is 1.39. The smallest absolute Gasteiger partial charge is 0.221 e. The zero-order valence-electron chi connectivity index (χ0n) is 15.2. The van der Waals surface area contributed by atoms with E-state index < -0.39 is 0 Å². The van der Waals surface area contributed by atoms with Crippen molar-refractivity contribution >= 4 is 5.95 Å². The van der Waals surface area contributed by atoms with Crippen LogP contribution in [-0.2, 0) is 24.9 Å². The fourth-order valence-corrected chi connectivity index (χ4v) is 2.87. The molecule has 0 radical (unpaired) electrons. The molecule has 1 aromatic carbocycles. The summed E-state index contributed by atoms with van der Waals surface area (Å²) >= 11 is 0. The number of aromatic nitrogens is 3. The number of nitrogens with one attached hydrogen (secondary N) is 1. The van der Waals surface area contributed by atoms with Gasteiger partial charge in [-0.05, 0) is 24.1 Å². The van der Waals surface area contributed by atoms with Crippen molar-refractivity contribution in [2.24, 2.45) is 7.05 Å². The van der Waals surface area contributed by atoms with Gasteiger partial charge in [0.05, 0.1) is 19.8 Å². The van der Waals surface area contributed by atoms with Gasteiger partial charge in [-0.3, -0.25) is 4.90 Å². The van der Waals surface area contributed by atoms with Crippen LogP contribution in [0.4, 0.5) is 5.95 Å². The lowest BCUT2D eigenvalue weighted by atomic mass is 10.2. The number of aliphatic hydroxyl groups is 1. The number of aliphatic hydroxyl groups excluding tert-OH is 1. The van der Waals surface area contributed by atoms with Gasteiger partial charge in [-0.2, -0.15) is 10.1 Å². The number of hydrogen-bond acceptors (Lipinski definition) is 7. The quantitative estimate of drug-likeness (QED) is 0.645. The number of morpholine rings is 1. The van der Waals surface area contributed by atoms with Gasteiger partial charge in [-0.25, -0.2) is 4.68 Å². The molecule has 1 aromatic heterocycles. The monoisotopic (exact) mass is 361 g/mol. The summed E-state index contributed by atoms with van der Waals surface area (Å²) in [4.78, 5) is 6.58. The van der Waals surface area contributed by atoms with Crippen LogP contribution in [-0.4, -0.2) is 64.2 Å². The van der Waals surface area contributed by atoms with Gasteiger partial charge in [0, 0.05) is 33.2 Å². The summed E-state index contributed by atoms with van der Waals surface area (Å²) in [6.07, 6.45) is 0.842. The lowest BCUT2D eigenvalue weighted by molar-refractivity contribution is 0.0341. The molecule has 0 aliphatic carbocycles. The molecule has 1 aliphatic heterocycles. The molecular weight excluding hydrogens is 334 g/mol. The van der Waals surface area contributed by atoms with E-state index in [1.807, 2.05) is 12.1 Å². The molecular formula is C18H27N5O3. The van der Waals surface area contributed by atoms with Crippen LogP contribution in [0.25, 0.3) is 0 Å². The number of hydrogen-bond donors (Lipinski definition) is 2. The van der Waals surface area contributed by atoms with E-state index in [0.29, 0.717) is 18.4 Å². The zero-order chi connectivity index (χ0) is 18.2. The SMILES string of the molecule is Cn1nc(CO)nc1NCCCOc1cccc(CN2CCOCC2)c1. The summed E-state index contributed by atoms with van der Waals surface area (Å²) in [6.45, 7) is 5.72. The summed E-state index contributed by atoms with van der Waals surface area (Å²) in [7, 11) is 1.80. The number of rotatable bonds is 9. The van der Waals surface area contributed by atoms with Gasteiger partial charge in [0.2, 0.25) is 5.95 Å². The Morgan fingerprint density at radius 3 is 2.92 bits per heavy atom. The van der Waals surface area contributed by atoms with Crippen LogP contribution in [0.2, 0.25) is 0 Å². The van der Waals surface area contributed by atoms with Gasteiger partial charge < -0.3 is 19.9 Å². The number of ether oxygens (including phenoxy) is 2. The maximum absolute atomic E-state index is 9.04. The number of benzene rings is 1. The van der Waals surface area contributed by atoms with E-state index >= 15 is 0 Å². The fraction of sp³-hybridized carbons (Fsp3) is 0.556. The second-order valence-corrected chi connectivity index (χ2v) is 6.30. The predicted molar refractivity (Wildman–Crippen MR) is 98.1 cm³/mol. The van der Waals surface area contributed by atoms with E-state index in [-0.39, 0.29) is 6.61 Å². The predicted octanol–water partition coefficient (Wildman–Crippen LogP) is 1.02. The summed E-state index contributed by atoms with van der Waals surface area (Å²) in [6, 6.07) is 8.28. The van der Waals surface area contributed by atoms with Crippen LogP contribution in [0.5, 0.6) is 5.75 Å². The highest BCUT2D eigenvalue weighted by molar-refractivity contribution is 5.28. The molecule has 1 aliphatic rings. The van der Waals surface area contributed by atoms with Crippen molar-refractivity contribution in [3.05, 3.63) is 35.7 Å². The molecule has 3 rings (SSSR count). The summed E-state index contributed by atoms with van der Waals surface area (Å²) in [5.41, 5.74) is 1.26. The third-order valence-corrected chi connectivity index (χ3v) is 4.23. The Bertz CT molecular complexity index is 685. The van der Waals surface area contributed by atoms with Gasteiger partial charge in [0.1, 0.15) is 12.4 Å². The Morgan fingerprint density at radius 2 is 2.15 bits per heavy atom. The summed E-state index contributed by atoms with van der Waals surface area (Å²) in [5, 5.41) is 16.3. The molecule has 142 valence electrons. The molecule has 0 unspecified atom stereocenters. The van der Waals surface area contributed by atoms with Crippen LogP contribution < -0.4 is 10.1 Å². The third kappa shape index (κ3) is 5.42. The maximum Gasteiger partial charge on any atom is 0.221 e. The van der Waals surface area contributed by atoms with E-state index in [1.165, 1.54) is 5.56 Å². The highest BCUT2D eigenvalue weighted by Gasteiger charge is 2.11. The topological polar surface area (TPSA) is 84.7 Å². The Morgan fingerprint density at radius 1 is 1.31 bits per heavy atom. The minimum absolute atomic E-state index is 0.153. The molecule has 26 heavy (non-hydrogen) atoms. The average molecular weight is 361 g/mol. The molecule has 0 amide bonds. The highest BCUT2D eigenvalue weighted by Crippen LogP contribution is 2.16. The number of aryl methyl sites for hydroxylation is 1. The van der Waals surface area contributed by atoms with Crippen LogP contribution in [0.15, 0.2) is 24.3 Å². The molecule has 8 nitrogen and oxygen atoms in total. The molecule has 0 saturated carbocycles. The first-order valence-corrected chi connectivity index (χ1v) is 9.01. The molecule has 1 saturated heterocycles. The number of anilines is 1.